The van der Waals surface area contributed by atoms with Crippen LogP contribution in [0.1, 0.15) is 22.5 Å². The normalized spacial score (nSPS) is 10.4. The van der Waals surface area contributed by atoms with Gasteiger partial charge in [-0.25, -0.2) is 0 Å². The fourth-order valence-corrected chi connectivity index (χ4v) is 1.76. The highest BCUT2D eigenvalue weighted by molar-refractivity contribution is 6.04. The number of nitrogens with two attached hydrogens (primary N) is 1. The molecule has 1 aromatic heterocycles. The Morgan fingerprint density at radius 2 is 2.11 bits per heavy atom. The first kappa shape index (κ1) is 13.2. The molecule has 2 aromatic rings. The molecule has 6 nitrogen and oxygen atoms in total. The first-order chi connectivity index (χ1) is 9.22. The number of hydrogen-bond donors (Lipinski definition) is 2. The second-order valence-electron chi connectivity index (χ2n) is 4.29. The summed E-state index contributed by atoms with van der Waals surface area (Å²) in [6.07, 6.45) is 2.16. The number of amides is 1. The molecule has 1 amide bonds. The van der Waals surface area contributed by atoms with E-state index in [1.54, 1.807) is 4.90 Å². The predicted molar refractivity (Wildman–Crippen MR) is 72.9 cm³/mol. The Balaban J connectivity index is 2.25. The van der Waals surface area contributed by atoms with Crippen LogP contribution in [0, 0.1) is 6.92 Å². The van der Waals surface area contributed by atoms with Gasteiger partial charge >= 0.3 is 0 Å². The maximum Gasteiger partial charge on any atom is 0.280 e. The van der Waals surface area contributed by atoms with E-state index in [0.717, 1.165) is 17.7 Å². The van der Waals surface area contributed by atoms with Crippen LogP contribution in [-0.2, 0) is 0 Å². The second kappa shape index (κ2) is 6.10. The van der Waals surface area contributed by atoms with Gasteiger partial charge in [0.2, 0.25) is 0 Å². The van der Waals surface area contributed by atoms with Gasteiger partial charge in [-0.3, -0.25) is 4.79 Å². The molecule has 0 aliphatic heterocycles. The van der Waals surface area contributed by atoms with Crippen LogP contribution in [-0.4, -0.2) is 34.4 Å². The topological polar surface area (TPSA) is 87.9 Å². The molecule has 0 bridgehead atoms. The van der Waals surface area contributed by atoms with Crippen molar-refractivity contribution in [3.05, 3.63) is 41.7 Å². The van der Waals surface area contributed by atoms with E-state index in [1.165, 1.54) is 6.20 Å². The second-order valence-corrected chi connectivity index (χ2v) is 4.29. The number of nitrogens with one attached hydrogen (secondary N) is 1. The van der Waals surface area contributed by atoms with E-state index >= 15 is 0 Å². The monoisotopic (exact) mass is 259 g/mol. The van der Waals surface area contributed by atoms with Crippen molar-refractivity contribution in [3.8, 4) is 0 Å². The number of benzene rings is 1. The fraction of sp³-hybridized carbons (Fsp3) is 0.308. The van der Waals surface area contributed by atoms with Gasteiger partial charge in [-0.15, -0.1) is 0 Å². The Bertz CT molecular complexity index is 520. The van der Waals surface area contributed by atoms with Crippen molar-refractivity contribution in [2.24, 2.45) is 5.73 Å². The van der Waals surface area contributed by atoms with Crippen molar-refractivity contribution in [1.82, 2.24) is 15.4 Å². The first-order valence-electron chi connectivity index (χ1n) is 6.16. The minimum Gasteiger partial charge on any atom is -0.330 e. The summed E-state index contributed by atoms with van der Waals surface area (Å²) in [6, 6.07) is 7.79. The molecule has 0 saturated carbocycles. The highest BCUT2D eigenvalue weighted by atomic mass is 16.2. The number of nitrogens with zero attached hydrogens (tertiary/aromatic N) is 3. The van der Waals surface area contributed by atoms with E-state index in [-0.39, 0.29) is 5.91 Å². The molecule has 100 valence electrons. The lowest BCUT2D eigenvalue weighted by Crippen LogP contribution is -2.33. The molecule has 0 aliphatic rings. The van der Waals surface area contributed by atoms with Crippen molar-refractivity contribution in [2.75, 3.05) is 18.0 Å². The van der Waals surface area contributed by atoms with Crippen LogP contribution in [0.2, 0.25) is 0 Å². The quantitative estimate of drug-likeness (QED) is 0.842. The Hall–Kier alpha value is -2.21. The van der Waals surface area contributed by atoms with Gasteiger partial charge < -0.3 is 10.6 Å². The number of aromatic nitrogens is 3. The standard InChI is InChI=1S/C13H17N5O/c1-10-3-5-11(6-4-10)18(8-2-7-14)13(19)12-9-15-17-16-12/h3-6,9H,2,7-8,14H2,1H3,(H,15,16,17). The van der Waals surface area contributed by atoms with Gasteiger partial charge in [-0.2, -0.15) is 15.4 Å². The zero-order chi connectivity index (χ0) is 13.7. The molecule has 0 radical (unpaired) electrons. The summed E-state index contributed by atoms with van der Waals surface area (Å²) < 4.78 is 0. The molecule has 0 atom stereocenters. The minimum absolute atomic E-state index is 0.175. The molecule has 0 unspecified atom stereocenters. The molecule has 1 heterocycles. The molecular formula is C13H17N5O. The van der Waals surface area contributed by atoms with Crippen molar-refractivity contribution >= 4 is 11.6 Å². The number of aryl methyl sites for hydroxylation is 1. The third-order valence-electron chi connectivity index (χ3n) is 2.81. The number of carbonyl (C=O) groups is 1. The fourth-order valence-electron chi connectivity index (χ4n) is 1.76. The highest BCUT2D eigenvalue weighted by Gasteiger charge is 2.19. The molecule has 19 heavy (non-hydrogen) atoms. The SMILES string of the molecule is Cc1ccc(N(CCCN)C(=O)c2cn[nH]n2)cc1. The van der Waals surface area contributed by atoms with Gasteiger partial charge in [0.15, 0.2) is 5.69 Å². The number of anilines is 1. The zero-order valence-corrected chi connectivity index (χ0v) is 10.8. The summed E-state index contributed by atoms with van der Waals surface area (Å²) in [5.41, 5.74) is 7.82. The van der Waals surface area contributed by atoms with E-state index in [9.17, 15) is 4.79 Å². The Labute approximate surface area is 111 Å². The number of H-pyrrole nitrogens is 1. The highest BCUT2D eigenvalue weighted by Crippen LogP contribution is 2.17. The average molecular weight is 259 g/mol. The molecule has 0 aliphatic carbocycles. The number of carbonyl (C=O) groups excluding carboxylic acids is 1. The largest absolute Gasteiger partial charge is 0.330 e. The van der Waals surface area contributed by atoms with Crippen molar-refractivity contribution in [1.29, 1.82) is 0 Å². The summed E-state index contributed by atoms with van der Waals surface area (Å²) in [5, 5.41) is 9.95. The molecule has 0 saturated heterocycles. The van der Waals surface area contributed by atoms with E-state index < -0.39 is 0 Å². The molecule has 6 heteroatoms. The van der Waals surface area contributed by atoms with Gasteiger partial charge in [-0.1, -0.05) is 17.7 Å². The lowest BCUT2D eigenvalue weighted by molar-refractivity contribution is 0.0982. The Morgan fingerprint density at radius 3 is 2.68 bits per heavy atom. The van der Waals surface area contributed by atoms with E-state index in [0.29, 0.717) is 18.8 Å². The third-order valence-corrected chi connectivity index (χ3v) is 2.81. The number of rotatable bonds is 5. The molecule has 1 aromatic carbocycles. The maximum atomic E-state index is 12.4. The maximum absolute atomic E-state index is 12.4. The molecule has 0 spiro atoms. The molecule has 3 N–H and O–H groups in total. The summed E-state index contributed by atoms with van der Waals surface area (Å²) in [4.78, 5) is 14.0. The van der Waals surface area contributed by atoms with E-state index in [2.05, 4.69) is 15.4 Å². The van der Waals surface area contributed by atoms with Crippen LogP contribution in [0.15, 0.2) is 30.5 Å². The van der Waals surface area contributed by atoms with E-state index in [4.69, 9.17) is 5.73 Å². The van der Waals surface area contributed by atoms with Crippen LogP contribution >= 0.6 is 0 Å². The van der Waals surface area contributed by atoms with Crippen molar-refractivity contribution < 1.29 is 4.79 Å². The average Bonchev–Trinajstić information content (AvgIpc) is 2.95. The van der Waals surface area contributed by atoms with Crippen LogP contribution in [0.3, 0.4) is 0 Å². The third kappa shape index (κ3) is 3.17. The number of aromatic amines is 1. The first-order valence-corrected chi connectivity index (χ1v) is 6.16. The molecule has 0 fully saturated rings. The van der Waals surface area contributed by atoms with Gasteiger partial charge in [0, 0.05) is 12.2 Å². The van der Waals surface area contributed by atoms with E-state index in [1.807, 2.05) is 31.2 Å². The van der Waals surface area contributed by atoms with Crippen LogP contribution < -0.4 is 10.6 Å². The van der Waals surface area contributed by atoms with Crippen molar-refractivity contribution in [3.63, 3.8) is 0 Å². The Morgan fingerprint density at radius 1 is 1.37 bits per heavy atom. The van der Waals surface area contributed by atoms with Gasteiger partial charge in [0.25, 0.3) is 5.91 Å². The summed E-state index contributed by atoms with van der Waals surface area (Å²) in [5.74, 6) is -0.175. The summed E-state index contributed by atoms with van der Waals surface area (Å²) in [6.45, 7) is 3.10. The lowest BCUT2D eigenvalue weighted by Gasteiger charge is -2.21. The predicted octanol–water partition coefficient (Wildman–Crippen LogP) is 1.11. The zero-order valence-electron chi connectivity index (χ0n) is 10.8. The van der Waals surface area contributed by atoms with Gasteiger partial charge in [0.05, 0.1) is 6.20 Å². The number of hydrogen-bond acceptors (Lipinski definition) is 4. The summed E-state index contributed by atoms with van der Waals surface area (Å²) in [7, 11) is 0. The van der Waals surface area contributed by atoms with Crippen molar-refractivity contribution in [2.45, 2.75) is 13.3 Å². The van der Waals surface area contributed by atoms with Gasteiger partial charge in [-0.05, 0) is 32.0 Å². The molecular weight excluding hydrogens is 242 g/mol. The molecule has 2 rings (SSSR count). The lowest BCUT2D eigenvalue weighted by atomic mass is 10.2. The minimum atomic E-state index is -0.175. The van der Waals surface area contributed by atoms with Gasteiger partial charge in [0.1, 0.15) is 0 Å². The smallest absolute Gasteiger partial charge is 0.280 e. The Kier molecular flexibility index (Phi) is 4.25. The summed E-state index contributed by atoms with van der Waals surface area (Å²) >= 11 is 0. The van der Waals surface area contributed by atoms with Crippen LogP contribution in [0.4, 0.5) is 5.69 Å². The van der Waals surface area contributed by atoms with Crippen LogP contribution in [0.5, 0.6) is 0 Å². The van der Waals surface area contributed by atoms with Crippen LogP contribution in [0.25, 0.3) is 0 Å².